The lowest BCUT2D eigenvalue weighted by molar-refractivity contribution is 0.122. The Bertz CT molecular complexity index is 782. The molecule has 4 rings (SSSR count). The quantitative estimate of drug-likeness (QED) is 0.858. The number of ether oxygens (including phenoxy) is 1. The minimum atomic E-state index is 0.319. The van der Waals surface area contributed by atoms with Gasteiger partial charge in [0, 0.05) is 30.8 Å². The van der Waals surface area contributed by atoms with Gasteiger partial charge in [-0.15, -0.1) is 0 Å². The summed E-state index contributed by atoms with van der Waals surface area (Å²) in [6.45, 7) is 10.3. The number of likely N-dealkylation sites (tertiary alicyclic amines) is 1. The SMILES string of the molecule is CC(c1ccc(-c2cc(N3CCOCC3)nc(N)n2)cc1)C(C)N1CCCC1. The van der Waals surface area contributed by atoms with E-state index in [0.29, 0.717) is 17.9 Å². The molecule has 2 aliphatic heterocycles. The fraction of sp³-hybridized carbons (Fsp3) is 0.545. The molecule has 2 atom stereocenters. The third-order valence-corrected chi connectivity index (χ3v) is 6.24. The number of nitrogen functional groups attached to an aromatic ring is 1. The van der Waals surface area contributed by atoms with Crippen LogP contribution in [-0.4, -0.2) is 60.3 Å². The zero-order chi connectivity index (χ0) is 19.5. The number of aromatic nitrogens is 2. The number of morpholine rings is 1. The monoisotopic (exact) mass is 381 g/mol. The van der Waals surface area contributed by atoms with Gasteiger partial charge in [0.25, 0.3) is 0 Å². The van der Waals surface area contributed by atoms with E-state index < -0.39 is 0 Å². The number of nitrogens with zero attached hydrogens (tertiary/aromatic N) is 4. The van der Waals surface area contributed by atoms with Crippen LogP contribution in [0.15, 0.2) is 30.3 Å². The number of nitrogens with two attached hydrogens (primary N) is 1. The van der Waals surface area contributed by atoms with Crippen molar-refractivity contribution in [1.29, 1.82) is 0 Å². The van der Waals surface area contributed by atoms with Crippen LogP contribution in [0.3, 0.4) is 0 Å². The smallest absolute Gasteiger partial charge is 0.222 e. The van der Waals surface area contributed by atoms with Gasteiger partial charge < -0.3 is 20.3 Å². The number of benzene rings is 1. The summed E-state index contributed by atoms with van der Waals surface area (Å²) in [5.74, 6) is 1.71. The molecular formula is C22H31N5O. The van der Waals surface area contributed by atoms with E-state index in [1.807, 2.05) is 6.07 Å². The molecule has 1 aromatic heterocycles. The standard InChI is InChI=1S/C22H31N5O/c1-16(17(2)26-9-3-4-10-26)18-5-7-19(8-6-18)20-15-21(25-22(23)24-20)27-11-13-28-14-12-27/h5-8,15-17H,3-4,9-14H2,1-2H3,(H2,23,24,25). The molecule has 0 spiro atoms. The van der Waals surface area contributed by atoms with Crippen molar-refractivity contribution in [1.82, 2.24) is 14.9 Å². The predicted octanol–water partition coefficient (Wildman–Crippen LogP) is 3.15. The highest BCUT2D eigenvalue weighted by molar-refractivity contribution is 5.65. The first-order chi connectivity index (χ1) is 13.6. The second-order valence-electron chi connectivity index (χ2n) is 7.96. The average Bonchev–Trinajstić information content (AvgIpc) is 3.28. The third-order valence-electron chi connectivity index (χ3n) is 6.24. The maximum atomic E-state index is 6.01. The molecule has 0 radical (unpaired) electrons. The summed E-state index contributed by atoms with van der Waals surface area (Å²) >= 11 is 0. The molecule has 2 saturated heterocycles. The van der Waals surface area contributed by atoms with Crippen LogP contribution in [0, 0.1) is 0 Å². The fourth-order valence-electron chi connectivity index (χ4n) is 4.26. The lowest BCUT2D eigenvalue weighted by Crippen LogP contribution is -2.36. The van der Waals surface area contributed by atoms with E-state index in [1.54, 1.807) is 0 Å². The van der Waals surface area contributed by atoms with Crippen LogP contribution in [-0.2, 0) is 4.74 Å². The van der Waals surface area contributed by atoms with Crippen LogP contribution in [0.1, 0.15) is 38.2 Å². The maximum absolute atomic E-state index is 6.01. The summed E-state index contributed by atoms with van der Waals surface area (Å²) in [6.07, 6.45) is 2.66. The third kappa shape index (κ3) is 4.13. The molecule has 2 unspecified atom stereocenters. The fourth-order valence-corrected chi connectivity index (χ4v) is 4.26. The van der Waals surface area contributed by atoms with Crippen molar-refractivity contribution in [2.75, 3.05) is 50.0 Å². The van der Waals surface area contributed by atoms with Gasteiger partial charge in [0.1, 0.15) is 5.82 Å². The van der Waals surface area contributed by atoms with Gasteiger partial charge in [-0.1, -0.05) is 31.2 Å². The Kier molecular flexibility index (Phi) is 5.78. The van der Waals surface area contributed by atoms with Crippen molar-refractivity contribution in [3.05, 3.63) is 35.9 Å². The van der Waals surface area contributed by atoms with Crippen molar-refractivity contribution in [2.24, 2.45) is 0 Å². The Morgan fingerprint density at radius 3 is 2.32 bits per heavy atom. The Hall–Kier alpha value is -2.18. The minimum absolute atomic E-state index is 0.319. The van der Waals surface area contributed by atoms with E-state index in [1.165, 1.54) is 31.5 Å². The van der Waals surface area contributed by atoms with E-state index in [0.717, 1.165) is 43.4 Å². The molecule has 1 aromatic carbocycles. The molecule has 3 heterocycles. The first kappa shape index (κ1) is 19.2. The Labute approximate surface area is 167 Å². The molecule has 6 heteroatoms. The lowest BCUT2D eigenvalue weighted by atomic mass is 9.92. The molecule has 2 aliphatic rings. The zero-order valence-electron chi connectivity index (χ0n) is 17.0. The van der Waals surface area contributed by atoms with E-state index in [2.05, 4.69) is 57.9 Å². The van der Waals surface area contributed by atoms with Gasteiger partial charge in [-0.3, -0.25) is 0 Å². The van der Waals surface area contributed by atoms with E-state index in [4.69, 9.17) is 10.5 Å². The molecule has 0 aliphatic carbocycles. The van der Waals surface area contributed by atoms with E-state index in [-0.39, 0.29) is 0 Å². The van der Waals surface area contributed by atoms with E-state index in [9.17, 15) is 0 Å². The Morgan fingerprint density at radius 1 is 0.964 bits per heavy atom. The van der Waals surface area contributed by atoms with Crippen molar-refractivity contribution in [2.45, 2.75) is 38.6 Å². The summed E-state index contributed by atoms with van der Waals surface area (Å²) in [7, 11) is 0. The van der Waals surface area contributed by atoms with Gasteiger partial charge in [0.2, 0.25) is 5.95 Å². The Balaban J connectivity index is 1.52. The molecule has 2 aromatic rings. The van der Waals surface area contributed by atoms with E-state index >= 15 is 0 Å². The Morgan fingerprint density at radius 2 is 1.64 bits per heavy atom. The summed E-state index contributed by atoms with van der Waals surface area (Å²) in [4.78, 5) is 13.7. The molecule has 0 bridgehead atoms. The zero-order valence-corrected chi connectivity index (χ0v) is 17.0. The molecule has 2 fully saturated rings. The van der Waals surface area contributed by atoms with Gasteiger partial charge in [0.05, 0.1) is 18.9 Å². The van der Waals surface area contributed by atoms with Crippen LogP contribution >= 0.6 is 0 Å². The average molecular weight is 382 g/mol. The second kappa shape index (κ2) is 8.45. The highest BCUT2D eigenvalue weighted by atomic mass is 16.5. The summed E-state index contributed by atoms with van der Waals surface area (Å²) in [5, 5.41) is 0. The topological polar surface area (TPSA) is 67.5 Å². The van der Waals surface area contributed by atoms with Gasteiger partial charge in [-0.25, -0.2) is 4.98 Å². The van der Waals surface area contributed by atoms with Gasteiger partial charge >= 0.3 is 0 Å². The molecule has 150 valence electrons. The molecule has 0 saturated carbocycles. The number of anilines is 2. The van der Waals surface area contributed by atoms with Crippen LogP contribution in [0.2, 0.25) is 0 Å². The van der Waals surface area contributed by atoms with Crippen molar-refractivity contribution in [3.63, 3.8) is 0 Å². The van der Waals surface area contributed by atoms with Crippen molar-refractivity contribution >= 4 is 11.8 Å². The van der Waals surface area contributed by atoms with Crippen LogP contribution in [0.4, 0.5) is 11.8 Å². The molecule has 2 N–H and O–H groups in total. The first-order valence-electron chi connectivity index (χ1n) is 10.4. The molecule has 0 amide bonds. The summed E-state index contributed by atoms with van der Waals surface area (Å²) in [6, 6.07) is 11.4. The largest absolute Gasteiger partial charge is 0.378 e. The van der Waals surface area contributed by atoms with Crippen LogP contribution in [0.5, 0.6) is 0 Å². The molecule has 28 heavy (non-hydrogen) atoms. The number of hydrogen-bond donors (Lipinski definition) is 1. The number of rotatable bonds is 5. The van der Waals surface area contributed by atoms with Gasteiger partial charge in [-0.2, -0.15) is 4.98 Å². The van der Waals surface area contributed by atoms with Crippen LogP contribution < -0.4 is 10.6 Å². The van der Waals surface area contributed by atoms with Gasteiger partial charge in [0.15, 0.2) is 0 Å². The van der Waals surface area contributed by atoms with Crippen molar-refractivity contribution in [3.8, 4) is 11.3 Å². The highest BCUT2D eigenvalue weighted by Gasteiger charge is 2.24. The lowest BCUT2D eigenvalue weighted by Gasteiger charge is -2.29. The number of hydrogen-bond acceptors (Lipinski definition) is 6. The highest BCUT2D eigenvalue weighted by Crippen LogP contribution is 2.29. The molecule has 6 nitrogen and oxygen atoms in total. The van der Waals surface area contributed by atoms with Gasteiger partial charge in [-0.05, 0) is 44.3 Å². The van der Waals surface area contributed by atoms with Crippen LogP contribution in [0.25, 0.3) is 11.3 Å². The first-order valence-corrected chi connectivity index (χ1v) is 10.4. The minimum Gasteiger partial charge on any atom is -0.378 e. The second-order valence-corrected chi connectivity index (χ2v) is 7.96. The maximum Gasteiger partial charge on any atom is 0.222 e. The normalized spacial score (nSPS) is 20.3. The molecular weight excluding hydrogens is 350 g/mol. The van der Waals surface area contributed by atoms with Crippen molar-refractivity contribution < 1.29 is 4.74 Å². The summed E-state index contributed by atoms with van der Waals surface area (Å²) < 4.78 is 5.44. The predicted molar refractivity (Wildman–Crippen MR) is 114 cm³/mol. The summed E-state index contributed by atoms with van der Waals surface area (Å²) in [5.41, 5.74) is 9.33.